The predicted molar refractivity (Wildman–Crippen MR) is 65.7 cm³/mol. The topological polar surface area (TPSA) is 46.5 Å². The summed E-state index contributed by atoms with van der Waals surface area (Å²) in [4.78, 5) is 10.9. The fourth-order valence-electron chi connectivity index (χ4n) is 1.94. The zero-order chi connectivity index (χ0) is 14.5. The highest BCUT2D eigenvalue weighted by Crippen LogP contribution is 2.61. The van der Waals surface area contributed by atoms with Crippen molar-refractivity contribution in [3.8, 4) is 5.75 Å². The van der Waals surface area contributed by atoms with Gasteiger partial charge >= 0.3 is 5.97 Å². The van der Waals surface area contributed by atoms with Crippen molar-refractivity contribution < 1.29 is 23.4 Å². The molecule has 1 unspecified atom stereocenters. The predicted octanol–water partition coefficient (Wildman–Crippen LogP) is 3.23. The van der Waals surface area contributed by atoms with Gasteiger partial charge in [0.1, 0.15) is 5.75 Å². The molecular formula is C14H16F2O3. The number of aliphatic carboxylic acids is 1. The van der Waals surface area contributed by atoms with E-state index in [9.17, 15) is 13.6 Å². The molecule has 3 nitrogen and oxygen atoms in total. The van der Waals surface area contributed by atoms with Crippen LogP contribution in [0.4, 0.5) is 8.78 Å². The Kier molecular flexibility index (Phi) is 2.84. The van der Waals surface area contributed by atoms with E-state index in [2.05, 4.69) is 0 Å². The van der Waals surface area contributed by atoms with Crippen molar-refractivity contribution in [2.24, 2.45) is 0 Å². The van der Waals surface area contributed by atoms with Gasteiger partial charge in [-0.15, -0.1) is 0 Å². The van der Waals surface area contributed by atoms with Gasteiger partial charge in [0.2, 0.25) is 0 Å². The summed E-state index contributed by atoms with van der Waals surface area (Å²) in [7, 11) is 0. The van der Waals surface area contributed by atoms with E-state index >= 15 is 0 Å². The van der Waals surface area contributed by atoms with Crippen molar-refractivity contribution in [1.29, 1.82) is 0 Å². The number of carboxylic acid groups (broad SMARTS) is 1. The summed E-state index contributed by atoms with van der Waals surface area (Å²) >= 11 is 0. The summed E-state index contributed by atoms with van der Waals surface area (Å²) in [5.41, 5.74) is -1.92. The Balaban J connectivity index is 2.15. The lowest BCUT2D eigenvalue weighted by Gasteiger charge is -2.22. The zero-order valence-electron chi connectivity index (χ0n) is 11.0. The second-order valence-electron chi connectivity index (χ2n) is 5.66. The van der Waals surface area contributed by atoms with Crippen LogP contribution in [0.2, 0.25) is 0 Å². The van der Waals surface area contributed by atoms with Gasteiger partial charge in [-0.3, -0.25) is 0 Å². The Morgan fingerprint density at radius 1 is 1.32 bits per heavy atom. The highest BCUT2D eigenvalue weighted by molar-refractivity contribution is 5.76. The van der Waals surface area contributed by atoms with E-state index in [4.69, 9.17) is 9.84 Å². The fourth-order valence-corrected chi connectivity index (χ4v) is 1.94. The number of hydrogen-bond donors (Lipinski definition) is 1. The molecule has 1 aliphatic carbocycles. The van der Waals surface area contributed by atoms with Gasteiger partial charge in [-0.05, 0) is 38.5 Å². The molecule has 0 aromatic heterocycles. The maximum atomic E-state index is 13.2. The lowest BCUT2D eigenvalue weighted by atomic mass is 9.97. The zero-order valence-corrected chi connectivity index (χ0v) is 11.0. The molecule has 1 aromatic carbocycles. The summed E-state index contributed by atoms with van der Waals surface area (Å²) in [6.45, 7) is 4.38. The normalized spacial score (nSPS) is 24.9. The molecule has 0 saturated heterocycles. The summed E-state index contributed by atoms with van der Waals surface area (Å²) in [5.74, 6) is -3.39. The van der Waals surface area contributed by atoms with Gasteiger partial charge in [-0.1, -0.05) is 12.1 Å². The molecule has 1 aliphatic rings. The monoisotopic (exact) mass is 270 g/mol. The van der Waals surface area contributed by atoms with Gasteiger partial charge in [0.15, 0.2) is 5.60 Å². The number of hydrogen-bond acceptors (Lipinski definition) is 2. The van der Waals surface area contributed by atoms with Crippen LogP contribution in [0.15, 0.2) is 24.3 Å². The maximum absolute atomic E-state index is 13.2. The van der Waals surface area contributed by atoms with Gasteiger partial charge in [-0.25, -0.2) is 13.6 Å². The van der Waals surface area contributed by atoms with E-state index in [1.165, 1.54) is 32.9 Å². The third-order valence-corrected chi connectivity index (χ3v) is 3.64. The van der Waals surface area contributed by atoms with Crippen LogP contribution in [-0.2, 0) is 10.2 Å². The lowest BCUT2D eigenvalue weighted by molar-refractivity contribution is -0.152. The number of carbonyl (C=O) groups is 1. The SMILES string of the molecule is CC(C)(Oc1ccc(C2(C)CC2(F)F)cc1)C(=O)O. The molecule has 1 saturated carbocycles. The minimum atomic E-state index is -2.66. The molecule has 104 valence electrons. The quantitative estimate of drug-likeness (QED) is 0.913. The molecule has 0 radical (unpaired) electrons. The molecule has 0 aliphatic heterocycles. The fraction of sp³-hybridized carbons (Fsp3) is 0.500. The summed E-state index contributed by atoms with van der Waals surface area (Å²) in [5, 5.41) is 8.94. The Labute approximate surface area is 110 Å². The Bertz CT molecular complexity index is 508. The number of halogens is 2. The Hall–Kier alpha value is -1.65. The highest BCUT2D eigenvalue weighted by atomic mass is 19.3. The van der Waals surface area contributed by atoms with Crippen LogP contribution < -0.4 is 4.74 Å². The molecule has 2 rings (SSSR count). The number of carboxylic acids is 1. The van der Waals surface area contributed by atoms with Crippen LogP contribution in [0.3, 0.4) is 0 Å². The minimum Gasteiger partial charge on any atom is -0.478 e. The lowest BCUT2D eigenvalue weighted by Crippen LogP contribution is -2.37. The van der Waals surface area contributed by atoms with Crippen molar-refractivity contribution >= 4 is 5.97 Å². The van der Waals surface area contributed by atoms with Gasteiger partial charge in [-0.2, -0.15) is 0 Å². The number of rotatable bonds is 4. The van der Waals surface area contributed by atoms with Crippen molar-refractivity contribution in [2.75, 3.05) is 0 Å². The van der Waals surface area contributed by atoms with Crippen LogP contribution in [0.5, 0.6) is 5.75 Å². The van der Waals surface area contributed by atoms with E-state index in [0.717, 1.165) is 0 Å². The van der Waals surface area contributed by atoms with Crippen molar-refractivity contribution in [3.63, 3.8) is 0 Å². The average Bonchev–Trinajstić information content (AvgIpc) is 2.79. The smallest absolute Gasteiger partial charge is 0.347 e. The number of benzene rings is 1. The van der Waals surface area contributed by atoms with E-state index < -0.39 is 22.9 Å². The molecule has 5 heteroatoms. The first-order chi connectivity index (χ1) is 8.58. The molecule has 0 heterocycles. The van der Waals surface area contributed by atoms with E-state index in [-0.39, 0.29) is 6.42 Å². The third kappa shape index (κ3) is 2.29. The van der Waals surface area contributed by atoms with Gasteiger partial charge < -0.3 is 9.84 Å². The van der Waals surface area contributed by atoms with Crippen molar-refractivity contribution in [2.45, 2.75) is 44.1 Å². The summed E-state index contributed by atoms with van der Waals surface area (Å²) < 4.78 is 31.8. The first kappa shape index (κ1) is 13.8. The van der Waals surface area contributed by atoms with E-state index in [0.29, 0.717) is 11.3 Å². The van der Waals surface area contributed by atoms with Gasteiger partial charge in [0.05, 0.1) is 5.41 Å². The molecule has 1 aromatic rings. The van der Waals surface area contributed by atoms with Crippen LogP contribution >= 0.6 is 0 Å². The average molecular weight is 270 g/mol. The standard InChI is InChI=1S/C14H16F2O3/c1-12(2,11(17)18)19-10-6-4-9(5-7-10)13(3)8-14(13,15)16/h4-7H,8H2,1-3H3,(H,17,18). The summed E-state index contributed by atoms with van der Waals surface area (Å²) in [6, 6.07) is 6.18. The first-order valence-corrected chi connectivity index (χ1v) is 5.99. The number of ether oxygens (including phenoxy) is 1. The second-order valence-corrected chi connectivity index (χ2v) is 5.66. The molecule has 1 N–H and O–H groups in total. The molecule has 1 atom stereocenters. The van der Waals surface area contributed by atoms with Crippen LogP contribution in [-0.4, -0.2) is 22.6 Å². The van der Waals surface area contributed by atoms with Crippen molar-refractivity contribution in [1.82, 2.24) is 0 Å². The Morgan fingerprint density at radius 2 is 1.79 bits per heavy atom. The van der Waals surface area contributed by atoms with Gasteiger partial charge in [0.25, 0.3) is 5.92 Å². The molecule has 1 fully saturated rings. The van der Waals surface area contributed by atoms with E-state index in [1.807, 2.05) is 0 Å². The van der Waals surface area contributed by atoms with Gasteiger partial charge in [0, 0.05) is 6.42 Å². The van der Waals surface area contributed by atoms with Crippen molar-refractivity contribution in [3.05, 3.63) is 29.8 Å². The van der Waals surface area contributed by atoms with Crippen LogP contribution in [0, 0.1) is 0 Å². The molecule has 19 heavy (non-hydrogen) atoms. The minimum absolute atomic E-state index is 0.152. The Morgan fingerprint density at radius 3 is 2.16 bits per heavy atom. The maximum Gasteiger partial charge on any atom is 0.347 e. The summed E-state index contributed by atoms with van der Waals surface area (Å²) in [6.07, 6.45) is -0.152. The highest BCUT2D eigenvalue weighted by Gasteiger charge is 2.68. The van der Waals surface area contributed by atoms with Crippen LogP contribution in [0.1, 0.15) is 32.8 Å². The second kappa shape index (κ2) is 3.92. The number of alkyl halides is 2. The molecule has 0 amide bonds. The largest absolute Gasteiger partial charge is 0.478 e. The van der Waals surface area contributed by atoms with E-state index in [1.54, 1.807) is 12.1 Å². The first-order valence-electron chi connectivity index (χ1n) is 5.99. The molecule has 0 bridgehead atoms. The molecular weight excluding hydrogens is 254 g/mol. The third-order valence-electron chi connectivity index (χ3n) is 3.64. The van der Waals surface area contributed by atoms with Crippen LogP contribution in [0.25, 0.3) is 0 Å². The molecule has 0 spiro atoms.